The molecule has 0 N–H and O–H groups in total. The molecule has 7 nitrogen and oxygen atoms in total. The van der Waals surface area contributed by atoms with Crippen molar-refractivity contribution in [1.29, 1.82) is 0 Å². The van der Waals surface area contributed by atoms with Crippen LogP contribution in [0.1, 0.15) is 46.0 Å². The first kappa shape index (κ1) is 29.7. The fraction of sp³-hybridized carbons (Fsp3) is 0.417. The highest BCUT2D eigenvalue weighted by molar-refractivity contribution is 8.00. The molecule has 0 aromatic heterocycles. The molecule has 0 spiro atoms. The fourth-order valence-corrected chi connectivity index (χ4v) is 6.52. The molecule has 0 bridgehead atoms. The van der Waals surface area contributed by atoms with Crippen LogP contribution in [-0.2, 0) is 26.8 Å². The zero-order chi connectivity index (χ0) is 28.4. The normalized spacial score (nSPS) is 16.8. The van der Waals surface area contributed by atoms with Crippen LogP contribution in [0.2, 0.25) is 0 Å². The lowest BCUT2D eigenvalue weighted by Crippen LogP contribution is -2.42. The van der Waals surface area contributed by atoms with Crippen molar-refractivity contribution in [3.05, 3.63) is 59.2 Å². The maximum absolute atomic E-state index is 13.2. The van der Waals surface area contributed by atoms with Gasteiger partial charge in [0.15, 0.2) is 9.84 Å². The predicted molar refractivity (Wildman–Crippen MR) is 128 cm³/mol. The van der Waals surface area contributed by atoms with Gasteiger partial charge in [-0.1, -0.05) is 6.07 Å². The average Bonchev–Trinajstić information content (AvgIpc) is 2.86. The van der Waals surface area contributed by atoms with Gasteiger partial charge in [0.2, 0.25) is 5.12 Å². The molecule has 1 unspecified atom stereocenters. The molecule has 1 aliphatic rings. The van der Waals surface area contributed by atoms with Gasteiger partial charge >= 0.3 is 12.8 Å². The zero-order valence-corrected chi connectivity index (χ0v) is 21.8. The van der Waals surface area contributed by atoms with Crippen LogP contribution in [0, 0.1) is 5.92 Å². The molecule has 3 rings (SSSR count). The van der Waals surface area contributed by atoms with Gasteiger partial charge in [-0.15, -0.1) is 0 Å². The van der Waals surface area contributed by atoms with E-state index in [1.54, 1.807) is 0 Å². The Kier molecular flexibility index (Phi) is 8.97. The highest BCUT2D eigenvalue weighted by Gasteiger charge is 2.37. The summed E-state index contributed by atoms with van der Waals surface area (Å²) in [4.78, 5) is 26.5. The van der Waals surface area contributed by atoms with Gasteiger partial charge in [0.1, 0.15) is 5.75 Å². The molecule has 2 atom stereocenters. The summed E-state index contributed by atoms with van der Waals surface area (Å²) in [7, 11) is -6.16. The second-order valence-corrected chi connectivity index (χ2v) is 12.3. The molecule has 1 aliphatic heterocycles. The van der Waals surface area contributed by atoms with Gasteiger partial charge in [-0.05, 0) is 62.1 Å². The first-order valence-corrected chi connectivity index (χ1v) is 14.4. The van der Waals surface area contributed by atoms with Crippen molar-refractivity contribution in [3.63, 3.8) is 0 Å². The summed E-state index contributed by atoms with van der Waals surface area (Å²) in [5.41, 5.74) is -1.60. The van der Waals surface area contributed by atoms with Crippen molar-refractivity contribution < 1.29 is 48.9 Å². The largest absolute Gasteiger partial charge is 0.435 e. The number of hydrogen-bond donors (Lipinski definition) is 0. The molecular formula is C24H24F5NO6S2. The first-order valence-electron chi connectivity index (χ1n) is 11.3. The van der Waals surface area contributed by atoms with Crippen molar-refractivity contribution in [2.75, 3.05) is 19.3 Å². The number of alkyl halides is 5. The third-order valence-corrected chi connectivity index (χ3v) is 9.41. The van der Waals surface area contributed by atoms with Crippen molar-refractivity contribution in [3.8, 4) is 5.75 Å². The molecule has 2 aromatic rings. The number of carbonyl (C=O) groups is 2. The molecule has 1 saturated heterocycles. The topological polar surface area (TPSA) is 97.8 Å². The number of carbonyl (C=O) groups excluding carboxylic acids is 2. The van der Waals surface area contributed by atoms with Crippen LogP contribution in [0.15, 0.2) is 47.4 Å². The average molecular weight is 582 g/mol. The third kappa shape index (κ3) is 6.57. The number of likely N-dealkylation sites (tertiary alicyclic amines) is 1. The molecule has 1 fully saturated rings. The van der Waals surface area contributed by atoms with E-state index in [2.05, 4.69) is 4.74 Å². The van der Waals surface area contributed by atoms with Gasteiger partial charge in [-0.3, -0.25) is 13.8 Å². The SMILES string of the molecule is C[C@H](C1CCN(C(=O)c2ccc(OC(F)F)cc2C(=O)S(C)=O)CC1)S(=O)(=O)c1cccc(C(F)(F)F)c1. The van der Waals surface area contributed by atoms with Crippen LogP contribution < -0.4 is 4.74 Å². The van der Waals surface area contributed by atoms with E-state index in [1.807, 2.05) is 0 Å². The van der Waals surface area contributed by atoms with E-state index in [0.717, 1.165) is 42.7 Å². The molecular weight excluding hydrogens is 557 g/mol. The Morgan fingerprint density at radius 3 is 2.24 bits per heavy atom. The summed E-state index contributed by atoms with van der Waals surface area (Å²) in [6.07, 6.45) is -3.20. The highest BCUT2D eigenvalue weighted by atomic mass is 32.2. The molecule has 0 saturated carbocycles. The summed E-state index contributed by atoms with van der Waals surface area (Å²) in [6, 6.07) is 6.63. The Morgan fingerprint density at radius 1 is 1.05 bits per heavy atom. The standard InChI is InChI=1S/C24H24F5NO6S2/c1-14(38(34,35)18-5-3-4-16(12-18)24(27,28)29)15-8-10-30(11-9-15)21(31)19-7-6-17(36-23(25)26)13-20(19)22(32)37(2)33/h3-7,12-15,23H,8-11H2,1-2H3/t14-,37?/m1/s1. The monoisotopic (exact) mass is 581 g/mol. The van der Waals surface area contributed by atoms with Crippen molar-refractivity contribution in [2.24, 2.45) is 5.92 Å². The number of halogens is 5. The maximum Gasteiger partial charge on any atom is 0.416 e. The minimum atomic E-state index is -4.70. The quantitative estimate of drug-likeness (QED) is 0.446. The zero-order valence-electron chi connectivity index (χ0n) is 20.2. The van der Waals surface area contributed by atoms with E-state index >= 15 is 0 Å². The second kappa shape index (κ2) is 11.5. The number of benzene rings is 2. The van der Waals surface area contributed by atoms with E-state index in [1.165, 1.54) is 11.8 Å². The lowest BCUT2D eigenvalue weighted by atomic mass is 9.93. The summed E-state index contributed by atoms with van der Waals surface area (Å²) in [5, 5.41) is -1.99. The van der Waals surface area contributed by atoms with Gasteiger partial charge in [0, 0.05) is 24.9 Å². The number of amides is 1. The minimum absolute atomic E-state index is 0.0735. The molecule has 0 aliphatic carbocycles. The van der Waals surface area contributed by atoms with Gasteiger partial charge in [0.25, 0.3) is 5.91 Å². The van der Waals surface area contributed by atoms with Gasteiger partial charge in [0.05, 0.1) is 32.1 Å². The molecule has 0 radical (unpaired) electrons. The van der Waals surface area contributed by atoms with Crippen LogP contribution in [0.4, 0.5) is 22.0 Å². The predicted octanol–water partition coefficient (Wildman–Crippen LogP) is 4.54. The van der Waals surface area contributed by atoms with Crippen LogP contribution in [-0.4, -0.2) is 59.8 Å². The van der Waals surface area contributed by atoms with E-state index in [0.29, 0.717) is 6.07 Å². The fourth-order valence-electron chi connectivity index (χ4n) is 4.27. The lowest BCUT2D eigenvalue weighted by molar-refractivity contribution is -0.137. The lowest BCUT2D eigenvalue weighted by Gasteiger charge is -2.35. The Bertz CT molecular complexity index is 1340. The summed E-state index contributed by atoms with van der Waals surface area (Å²) >= 11 is 0. The Balaban J connectivity index is 1.77. The van der Waals surface area contributed by atoms with E-state index in [9.17, 15) is 44.2 Å². The molecule has 38 heavy (non-hydrogen) atoms. The van der Waals surface area contributed by atoms with Crippen molar-refractivity contribution >= 4 is 31.7 Å². The minimum Gasteiger partial charge on any atom is -0.435 e. The summed E-state index contributed by atoms with van der Waals surface area (Å²) in [5.74, 6) is -1.50. The number of rotatable bonds is 7. The second-order valence-electron chi connectivity index (χ2n) is 8.73. The van der Waals surface area contributed by atoms with Crippen LogP contribution >= 0.6 is 0 Å². The molecule has 14 heteroatoms. The molecule has 1 amide bonds. The number of piperidine rings is 1. The Morgan fingerprint density at radius 2 is 1.68 bits per heavy atom. The van der Waals surface area contributed by atoms with Crippen molar-refractivity contribution in [2.45, 2.75) is 42.7 Å². The smallest absolute Gasteiger partial charge is 0.416 e. The van der Waals surface area contributed by atoms with Crippen LogP contribution in [0.3, 0.4) is 0 Å². The number of nitrogens with zero attached hydrogens (tertiary/aromatic N) is 1. The molecule has 1 heterocycles. The molecule has 2 aromatic carbocycles. The number of sulfone groups is 1. The number of hydrogen-bond acceptors (Lipinski definition) is 6. The van der Waals surface area contributed by atoms with Gasteiger partial charge < -0.3 is 9.64 Å². The van der Waals surface area contributed by atoms with Crippen LogP contribution in [0.5, 0.6) is 5.75 Å². The van der Waals surface area contributed by atoms with E-state index < -0.39 is 71.8 Å². The Labute approximate surface area is 218 Å². The first-order chi connectivity index (χ1) is 17.6. The van der Waals surface area contributed by atoms with Gasteiger partial charge in [-0.2, -0.15) is 22.0 Å². The summed E-state index contributed by atoms with van der Waals surface area (Å²) < 4.78 is 107. The van der Waals surface area contributed by atoms with Crippen LogP contribution in [0.25, 0.3) is 0 Å². The highest BCUT2D eigenvalue weighted by Crippen LogP contribution is 2.34. The Hall–Kier alpha value is -2.87. The summed E-state index contributed by atoms with van der Waals surface area (Å²) in [6.45, 7) is -1.62. The maximum atomic E-state index is 13.2. The van der Waals surface area contributed by atoms with Gasteiger partial charge in [-0.25, -0.2) is 8.42 Å². The van der Waals surface area contributed by atoms with E-state index in [-0.39, 0.29) is 37.1 Å². The van der Waals surface area contributed by atoms with Crippen molar-refractivity contribution in [1.82, 2.24) is 4.90 Å². The number of ether oxygens (including phenoxy) is 1. The van der Waals surface area contributed by atoms with E-state index in [4.69, 9.17) is 0 Å². The third-order valence-electron chi connectivity index (χ3n) is 6.40. The molecule has 208 valence electrons.